The van der Waals surface area contributed by atoms with Gasteiger partial charge in [0, 0.05) is 6.54 Å². The average molecular weight is 353 g/mol. The molecule has 0 aromatic rings. The van der Waals surface area contributed by atoms with Gasteiger partial charge in [0.25, 0.3) is 0 Å². The SMILES string of the molecule is N#C[C@@H]1CCCN1C(=O)[C@@H]1[C@H]2C[C@H]([C@H](OC[C@@H](O)CO)C2)N1C(=O)O. The molecule has 9 heteroatoms. The third-order valence-corrected chi connectivity index (χ3v) is 5.48. The van der Waals surface area contributed by atoms with Crippen LogP contribution in [0.5, 0.6) is 0 Å². The van der Waals surface area contributed by atoms with Gasteiger partial charge in [-0.1, -0.05) is 0 Å². The van der Waals surface area contributed by atoms with Gasteiger partial charge < -0.3 is 25.0 Å². The maximum absolute atomic E-state index is 12.9. The Hall–Kier alpha value is -1.89. The molecule has 3 aliphatic rings. The van der Waals surface area contributed by atoms with Crippen LogP contribution in [0.15, 0.2) is 0 Å². The van der Waals surface area contributed by atoms with Crippen molar-refractivity contribution in [3.63, 3.8) is 0 Å². The monoisotopic (exact) mass is 353 g/mol. The van der Waals surface area contributed by atoms with Crippen LogP contribution in [0, 0.1) is 17.2 Å². The van der Waals surface area contributed by atoms with E-state index < -0.39 is 43.0 Å². The normalized spacial score (nSPS) is 35.0. The molecule has 3 fully saturated rings. The molecule has 9 nitrogen and oxygen atoms in total. The first-order valence-electron chi connectivity index (χ1n) is 8.59. The molecule has 138 valence electrons. The van der Waals surface area contributed by atoms with Gasteiger partial charge in [-0.3, -0.25) is 9.69 Å². The first kappa shape index (κ1) is 17.9. The van der Waals surface area contributed by atoms with Crippen LogP contribution in [0.4, 0.5) is 4.79 Å². The number of fused-ring (bicyclic) bond motifs is 2. The third kappa shape index (κ3) is 3.17. The van der Waals surface area contributed by atoms with Crippen molar-refractivity contribution < 1.29 is 29.6 Å². The molecular weight excluding hydrogens is 330 g/mol. The lowest BCUT2D eigenvalue weighted by Gasteiger charge is -2.38. The number of rotatable bonds is 5. The maximum atomic E-state index is 12.9. The lowest BCUT2D eigenvalue weighted by molar-refractivity contribution is -0.140. The fraction of sp³-hybridized carbons (Fsp3) is 0.812. The minimum atomic E-state index is -1.17. The zero-order valence-corrected chi connectivity index (χ0v) is 13.8. The van der Waals surface area contributed by atoms with E-state index in [2.05, 4.69) is 6.07 Å². The van der Waals surface area contributed by atoms with Crippen molar-refractivity contribution in [3.8, 4) is 6.07 Å². The predicted octanol–water partition coefficient (Wildman–Crippen LogP) is -0.620. The predicted molar refractivity (Wildman–Crippen MR) is 83.3 cm³/mol. The smallest absolute Gasteiger partial charge is 0.408 e. The number of piperidine rings is 1. The summed E-state index contributed by atoms with van der Waals surface area (Å²) in [6.45, 7) is -0.00477. The minimum absolute atomic E-state index is 0.0703. The van der Waals surface area contributed by atoms with Crippen molar-refractivity contribution >= 4 is 12.0 Å². The van der Waals surface area contributed by atoms with Gasteiger partial charge >= 0.3 is 6.09 Å². The molecule has 3 rings (SSSR count). The molecule has 0 aromatic heterocycles. The number of aliphatic hydroxyl groups is 2. The fourth-order valence-corrected chi connectivity index (χ4v) is 4.38. The third-order valence-electron chi connectivity index (χ3n) is 5.48. The Morgan fingerprint density at radius 2 is 2.12 bits per heavy atom. The van der Waals surface area contributed by atoms with Crippen molar-refractivity contribution in [2.24, 2.45) is 5.92 Å². The van der Waals surface area contributed by atoms with Crippen molar-refractivity contribution in [2.75, 3.05) is 19.8 Å². The molecule has 2 saturated heterocycles. The highest BCUT2D eigenvalue weighted by Crippen LogP contribution is 2.45. The van der Waals surface area contributed by atoms with Crippen LogP contribution >= 0.6 is 0 Å². The van der Waals surface area contributed by atoms with E-state index in [9.17, 15) is 25.1 Å². The van der Waals surface area contributed by atoms with Gasteiger partial charge in [0.15, 0.2) is 0 Å². The minimum Gasteiger partial charge on any atom is -0.465 e. The fourth-order valence-electron chi connectivity index (χ4n) is 4.38. The van der Waals surface area contributed by atoms with Gasteiger partial charge in [-0.15, -0.1) is 0 Å². The van der Waals surface area contributed by atoms with E-state index in [-0.39, 0.29) is 18.4 Å². The summed E-state index contributed by atoms with van der Waals surface area (Å²) < 4.78 is 5.57. The van der Waals surface area contributed by atoms with Crippen LogP contribution < -0.4 is 0 Å². The summed E-state index contributed by atoms with van der Waals surface area (Å²) in [5, 5.41) is 37.1. The van der Waals surface area contributed by atoms with E-state index in [4.69, 9.17) is 9.84 Å². The number of carbonyl (C=O) groups excluding carboxylic acids is 1. The van der Waals surface area contributed by atoms with Crippen LogP contribution in [0.2, 0.25) is 0 Å². The largest absolute Gasteiger partial charge is 0.465 e. The zero-order valence-electron chi connectivity index (χ0n) is 13.8. The van der Waals surface area contributed by atoms with Gasteiger partial charge in [-0.2, -0.15) is 5.26 Å². The second kappa shape index (κ2) is 7.15. The van der Waals surface area contributed by atoms with Crippen LogP contribution in [0.3, 0.4) is 0 Å². The van der Waals surface area contributed by atoms with Gasteiger partial charge in [0.05, 0.1) is 31.4 Å². The molecule has 1 saturated carbocycles. The lowest BCUT2D eigenvalue weighted by atomic mass is 9.96. The van der Waals surface area contributed by atoms with E-state index in [1.165, 1.54) is 9.80 Å². The first-order chi connectivity index (χ1) is 12.0. The molecule has 2 heterocycles. The summed E-state index contributed by atoms with van der Waals surface area (Å²) in [5.74, 6) is -0.433. The summed E-state index contributed by atoms with van der Waals surface area (Å²) in [6, 6.07) is 0.436. The standard InChI is InChI=1S/C16H23N3O6/c17-6-10-2-1-3-18(10)15(22)14-9-4-12(19(14)16(23)24)13(5-9)25-8-11(21)7-20/h9-14,20-21H,1-5,7-8H2,(H,23,24)/t9-,10-,11-,12+,13+,14-/m0/s1. The number of hydrogen-bond acceptors (Lipinski definition) is 6. The van der Waals surface area contributed by atoms with Crippen LogP contribution in [-0.2, 0) is 9.53 Å². The Morgan fingerprint density at radius 3 is 2.76 bits per heavy atom. The molecule has 0 aromatic carbocycles. The molecular formula is C16H23N3O6. The Kier molecular flexibility index (Phi) is 5.13. The maximum Gasteiger partial charge on any atom is 0.408 e. The van der Waals surface area contributed by atoms with Gasteiger partial charge in [-0.05, 0) is 31.6 Å². The number of hydrogen-bond donors (Lipinski definition) is 3. The van der Waals surface area contributed by atoms with Crippen LogP contribution in [0.25, 0.3) is 0 Å². The summed E-state index contributed by atoms with van der Waals surface area (Å²) in [6.07, 6.45) is -0.118. The van der Waals surface area contributed by atoms with E-state index in [0.717, 1.165) is 6.42 Å². The highest BCUT2D eigenvalue weighted by Gasteiger charge is 2.57. The molecule has 2 aliphatic heterocycles. The van der Waals surface area contributed by atoms with Gasteiger partial charge in [0.1, 0.15) is 18.2 Å². The number of aliphatic hydroxyl groups excluding tert-OH is 2. The number of nitrogens with zero attached hydrogens (tertiary/aromatic N) is 3. The highest BCUT2D eigenvalue weighted by atomic mass is 16.5. The van der Waals surface area contributed by atoms with E-state index in [0.29, 0.717) is 25.8 Å². The van der Waals surface area contributed by atoms with Crippen molar-refractivity contribution in [1.29, 1.82) is 5.26 Å². The Labute approximate surface area is 145 Å². The summed E-state index contributed by atoms with van der Waals surface area (Å²) in [4.78, 5) is 27.3. The van der Waals surface area contributed by atoms with Crippen molar-refractivity contribution in [3.05, 3.63) is 0 Å². The molecule has 0 spiro atoms. The van der Waals surface area contributed by atoms with Crippen LogP contribution in [0.1, 0.15) is 25.7 Å². The highest BCUT2D eigenvalue weighted by molar-refractivity contribution is 5.87. The molecule has 0 radical (unpaired) electrons. The zero-order chi connectivity index (χ0) is 18.1. The molecule has 1 aliphatic carbocycles. The molecule has 25 heavy (non-hydrogen) atoms. The summed E-state index contributed by atoms with van der Waals surface area (Å²) >= 11 is 0. The Morgan fingerprint density at radius 1 is 1.36 bits per heavy atom. The van der Waals surface area contributed by atoms with Crippen molar-refractivity contribution in [2.45, 2.75) is 56.0 Å². The number of carboxylic acid groups (broad SMARTS) is 1. The lowest BCUT2D eigenvalue weighted by Crippen LogP contribution is -2.57. The topological polar surface area (TPSA) is 134 Å². The molecule has 6 atom stereocenters. The Balaban J connectivity index is 1.72. The number of nitriles is 1. The first-order valence-corrected chi connectivity index (χ1v) is 8.59. The molecule has 2 amide bonds. The molecule has 3 N–H and O–H groups in total. The second-order valence-electron chi connectivity index (χ2n) is 6.96. The molecule has 0 unspecified atom stereocenters. The quantitative estimate of drug-likeness (QED) is 0.599. The number of likely N-dealkylation sites (tertiary alicyclic amines) is 2. The molecule has 2 bridgehead atoms. The van der Waals surface area contributed by atoms with Gasteiger partial charge in [0.2, 0.25) is 5.91 Å². The van der Waals surface area contributed by atoms with Crippen molar-refractivity contribution in [1.82, 2.24) is 9.80 Å². The number of ether oxygens (including phenoxy) is 1. The number of carbonyl (C=O) groups is 2. The van der Waals surface area contributed by atoms with E-state index >= 15 is 0 Å². The van der Waals surface area contributed by atoms with E-state index in [1.54, 1.807) is 0 Å². The average Bonchev–Trinajstić information content (AvgIpc) is 3.31. The summed E-state index contributed by atoms with van der Waals surface area (Å²) in [7, 11) is 0. The number of amides is 2. The van der Waals surface area contributed by atoms with Crippen LogP contribution in [-0.4, -0.2) is 87.2 Å². The summed E-state index contributed by atoms with van der Waals surface area (Å²) in [5.41, 5.74) is 0. The second-order valence-corrected chi connectivity index (χ2v) is 6.96. The Bertz CT molecular complexity index is 579. The van der Waals surface area contributed by atoms with Gasteiger partial charge in [-0.25, -0.2) is 4.79 Å². The van der Waals surface area contributed by atoms with E-state index in [1.807, 2.05) is 0 Å².